The summed E-state index contributed by atoms with van der Waals surface area (Å²) in [7, 11) is 1.56. The average molecular weight is 446 g/mol. The Morgan fingerprint density at radius 2 is 2.06 bits per heavy atom. The minimum Gasteiger partial charge on any atom is -0.362 e. The normalized spacial score (nSPS) is 17.5. The molecule has 2 aromatic rings. The van der Waals surface area contributed by atoms with Gasteiger partial charge in [-0.05, 0) is 51.2 Å². The molecule has 1 amide bonds. The van der Waals surface area contributed by atoms with Crippen molar-refractivity contribution in [3.63, 3.8) is 0 Å². The monoisotopic (exact) mass is 445 g/mol. The summed E-state index contributed by atoms with van der Waals surface area (Å²) in [6.45, 7) is 14.1. The predicted molar refractivity (Wildman–Crippen MR) is 131 cm³/mol. The molecule has 1 atom stereocenters. The van der Waals surface area contributed by atoms with Gasteiger partial charge in [0.15, 0.2) is 5.82 Å². The van der Waals surface area contributed by atoms with Crippen LogP contribution in [0.15, 0.2) is 23.7 Å². The first-order valence-corrected chi connectivity index (χ1v) is 11.7. The number of hydrogen-bond donors (Lipinski definition) is 3. The molecule has 0 spiro atoms. The van der Waals surface area contributed by atoms with Gasteiger partial charge in [0.2, 0.25) is 12.4 Å². The summed E-state index contributed by atoms with van der Waals surface area (Å²) in [4.78, 5) is 26.7. The lowest BCUT2D eigenvalue weighted by molar-refractivity contribution is -0.109. The van der Waals surface area contributed by atoms with Gasteiger partial charge in [-0.3, -0.25) is 4.79 Å². The first-order valence-electron chi connectivity index (χ1n) is 10.9. The number of rotatable bonds is 7. The highest BCUT2D eigenvalue weighted by Gasteiger charge is 2.27. The zero-order valence-corrected chi connectivity index (χ0v) is 20.1. The third kappa shape index (κ3) is 7.00. The Labute approximate surface area is 189 Å². The molecule has 3 heterocycles. The highest BCUT2D eigenvalue weighted by Crippen LogP contribution is 2.34. The molecular weight excluding hydrogens is 410 g/mol. The van der Waals surface area contributed by atoms with E-state index in [1.165, 1.54) is 24.1 Å². The van der Waals surface area contributed by atoms with E-state index >= 15 is 0 Å². The molecule has 1 unspecified atom stereocenters. The van der Waals surface area contributed by atoms with Crippen LogP contribution in [-0.4, -0.2) is 48.4 Å². The van der Waals surface area contributed by atoms with Crippen LogP contribution in [0.3, 0.4) is 0 Å². The molecule has 170 valence electrons. The lowest BCUT2D eigenvalue weighted by atomic mass is 10.1. The van der Waals surface area contributed by atoms with Crippen LogP contribution < -0.4 is 21.1 Å². The number of fused-ring (bicyclic) bond motifs is 1. The average Bonchev–Trinajstić information content (AvgIpc) is 3.52. The molecule has 8 nitrogen and oxygen atoms in total. The molecule has 1 aliphatic heterocycles. The van der Waals surface area contributed by atoms with Crippen LogP contribution in [0.4, 0.5) is 11.8 Å². The molecule has 0 bridgehead atoms. The second kappa shape index (κ2) is 12.4. The molecule has 3 N–H and O–H groups in total. The van der Waals surface area contributed by atoms with Crippen LogP contribution in [0.5, 0.6) is 0 Å². The van der Waals surface area contributed by atoms with Crippen molar-refractivity contribution in [3.8, 4) is 0 Å². The number of hydrazine groups is 1. The topological polar surface area (TPSA) is 94.5 Å². The third-order valence-corrected chi connectivity index (χ3v) is 5.92. The van der Waals surface area contributed by atoms with Gasteiger partial charge in [0.05, 0.1) is 10.2 Å². The van der Waals surface area contributed by atoms with Gasteiger partial charge < -0.3 is 15.6 Å². The Balaban J connectivity index is 0.000000513. The first kappa shape index (κ1) is 24.7. The van der Waals surface area contributed by atoms with Gasteiger partial charge in [-0.25, -0.2) is 15.4 Å². The number of aromatic nitrogens is 2. The van der Waals surface area contributed by atoms with Crippen molar-refractivity contribution in [1.29, 1.82) is 0 Å². The van der Waals surface area contributed by atoms with E-state index in [-0.39, 0.29) is 0 Å². The highest BCUT2D eigenvalue weighted by atomic mass is 32.1. The molecular formula is C22H35N7OS. The molecule has 4 rings (SSSR count). The standard InChI is InChI=1S/C18H24N6S.C2H5NO.C2H6/c1-4-15(23-19-10-13-5-6-13)21-17-16-14(9-12(3)25-16)20-18(22-17)24-8-7-11(24)2;1-3-2-4;1-2/h4,9,11,13,19H,1,5-8,10H2,2-3H3,(H,20,21,22,23);2H,1H3,(H,3,4);1-2H3. The van der Waals surface area contributed by atoms with E-state index in [0.717, 1.165) is 35.2 Å². The van der Waals surface area contributed by atoms with Crippen molar-refractivity contribution in [2.45, 2.75) is 53.0 Å². The Bertz CT molecular complexity index is 891. The van der Waals surface area contributed by atoms with Crippen LogP contribution in [-0.2, 0) is 4.79 Å². The van der Waals surface area contributed by atoms with E-state index in [9.17, 15) is 0 Å². The van der Waals surface area contributed by atoms with Crippen LogP contribution in [0.2, 0.25) is 0 Å². The summed E-state index contributed by atoms with van der Waals surface area (Å²) in [6, 6.07) is 2.60. The number of aryl methyl sites for hydroxylation is 1. The van der Waals surface area contributed by atoms with Crippen molar-refractivity contribution >= 4 is 45.6 Å². The van der Waals surface area contributed by atoms with E-state index in [4.69, 9.17) is 19.8 Å². The molecule has 0 aromatic carbocycles. The number of carbonyl (C=O) groups excluding carboxylic acids is 1. The van der Waals surface area contributed by atoms with E-state index in [1.54, 1.807) is 24.5 Å². The highest BCUT2D eigenvalue weighted by molar-refractivity contribution is 7.19. The van der Waals surface area contributed by atoms with Gasteiger partial charge in [-0.2, -0.15) is 4.98 Å². The lowest BCUT2D eigenvalue weighted by Gasteiger charge is -2.38. The number of aliphatic imine (C=N–C) groups is 1. The summed E-state index contributed by atoms with van der Waals surface area (Å²) in [6.07, 6.45) is 6.16. The number of nitrogens with zero attached hydrogens (tertiary/aromatic N) is 4. The molecule has 1 saturated carbocycles. The van der Waals surface area contributed by atoms with Gasteiger partial charge >= 0.3 is 0 Å². The lowest BCUT2D eigenvalue weighted by Crippen LogP contribution is -2.46. The molecule has 2 fully saturated rings. The quantitative estimate of drug-likeness (QED) is 0.260. The summed E-state index contributed by atoms with van der Waals surface area (Å²) < 4.78 is 1.03. The van der Waals surface area contributed by atoms with E-state index in [0.29, 0.717) is 24.1 Å². The van der Waals surface area contributed by atoms with Crippen LogP contribution in [0.25, 0.3) is 10.2 Å². The molecule has 0 radical (unpaired) electrons. The van der Waals surface area contributed by atoms with E-state index in [2.05, 4.69) is 47.6 Å². The molecule has 2 aliphatic rings. The molecule has 2 aromatic heterocycles. The number of amidine groups is 1. The van der Waals surface area contributed by atoms with Crippen LogP contribution in [0, 0.1) is 12.8 Å². The number of nitrogens with one attached hydrogen (secondary N) is 3. The molecule has 1 saturated heterocycles. The maximum absolute atomic E-state index is 9.06. The van der Waals surface area contributed by atoms with Crippen molar-refractivity contribution in [1.82, 2.24) is 26.1 Å². The first-order chi connectivity index (χ1) is 15.0. The SMILES string of the molecule is C=CC(=Nc1nc(N2CCC2C)nc2cc(C)sc12)NNCC1CC1.CC.CNC=O. The number of amides is 1. The van der Waals surface area contributed by atoms with Gasteiger partial charge in [0.25, 0.3) is 0 Å². The van der Waals surface area contributed by atoms with Crippen LogP contribution >= 0.6 is 11.3 Å². The van der Waals surface area contributed by atoms with E-state index in [1.807, 2.05) is 13.8 Å². The summed E-state index contributed by atoms with van der Waals surface area (Å²) in [5.41, 5.74) is 7.37. The Morgan fingerprint density at radius 1 is 1.35 bits per heavy atom. The van der Waals surface area contributed by atoms with Crippen molar-refractivity contribution in [2.24, 2.45) is 10.9 Å². The van der Waals surface area contributed by atoms with Crippen molar-refractivity contribution in [2.75, 3.05) is 25.0 Å². The maximum Gasteiger partial charge on any atom is 0.228 e. The minimum atomic E-state index is 0.492. The Morgan fingerprint density at radius 3 is 2.58 bits per heavy atom. The Kier molecular flexibility index (Phi) is 9.87. The van der Waals surface area contributed by atoms with Crippen LogP contribution in [0.1, 0.15) is 44.9 Å². The predicted octanol–water partition coefficient (Wildman–Crippen LogP) is 3.71. The summed E-state index contributed by atoms with van der Waals surface area (Å²) >= 11 is 1.68. The molecule has 9 heteroatoms. The van der Waals surface area contributed by atoms with Gasteiger partial charge in [0, 0.05) is 31.1 Å². The second-order valence-electron chi connectivity index (χ2n) is 7.31. The zero-order valence-electron chi connectivity index (χ0n) is 19.2. The van der Waals surface area contributed by atoms with Gasteiger partial charge in [-0.1, -0.05) is 20.4 Å². The smallest absolute Gasteiger partial charge is 0.228 e. The largest absolute Gasteiger partial charge is 0.362 e. The molecule has 31 heavy (non-hydrogen) atoms. The van der Waals surface area contributed by atoms with Gasteiger partial charge in [0.1, 0.15) is 5.84 Å². The molecule has 1 aliphatic carbocycles. The number of anilines is 1. The Hall–Kier alpha value is -2.52. The third-order valence-electron chi connectivity index (χ3n) is 4.88. The fourth-order valence-corrected chi connectivity index (χ4v) is 3.77. The number of thiophene rings is 1. The fourth-order valence-electron chi connectivity index (χ4n) is 2.89. The van der Waals surface area contributed by atoms with Gasteiger partial charge in [-0.15, -0.1) is 11.3 Å². The summed E-state index contributed by atoms with van der Waals surface area (Å²) in [5.74, 6) is 2.98. The zero-order chi connectivity index (χ0) is 22.8. The van der Waals surface area contributed by atoms with Crippen molar-refractivity contribution < 1.29 is 4.79 Å². The maximum atomic E-state index is 9.06. The number of carbonyl (C=O) groups is 1. The minimum absolute atomic E-state index is 0.492. The summed E-state index contributed by atoms with van der Waals surface area (Å²) in [5, 5.41) is 2.25. The fraction of sp³-hybridized carbons (Fsp3) is 0.545. The van der Waals surface area contributed by atoms with E-state index < -0.39 is 0 Å². The van der Waals surface area contributed by atoms with Crippen molar-refractivity contribution in [3.05, 3.63) is 23.6 Å². The number of hydrogen-bond acceptors (Lipinski definition) is 7. The second-order valence-corrected chi connectivity index (χ2v) is 8.56.